The van der Waals surface area contributed by atoms with Crippen molar-refractivity contribution in [1.29, 1.82) is 0 Å². The van der Waals surface area contributed by atoms with Crippen molar-refractivity contribution in [1.82, 2.24) is 0 Å². The third-order valence-electron chi connectivity index (χ3n) is 3.58. The van der Waals surface area contributed by atoms with Gasteiger partial charge in [-0.2, -0.15) is 0 Å². The molecule has 0 aromatic heterocycles. The van der Waals surface area contributed by atoms with Crippen molar-refractivity contribution in [2.75, 3.05) is 17.2 Å². The molecule has 1 heterocycles. The zero-order valence-corrected chi connectivity index (χ0v) is 12.7. The van der Waals surface area contributed by atoms with Crippen molar-refractivity contribution >= 4 is 27.4 Å². The normalized spacial score (nSPS) is 14.6. The van der Waals surface area contributed by atoms with Crippen LogP contribution < -0.4 is 4.90 Å². The number of hydrogen-bond acceptors (Lipinski definition) is 4. The molecule has 0 aliphatic carbocycles. The second kappa shape index (κ2) is 5.48. The van der Waals surface area contributed by atoms with Gasteiger partial charge in [-0.15, -0.1) is 0 Å². The van der Waals surface area contributed by atoms with Crippen molar-refractivity contribution in [3.8, 4) is 0 Å². The zero-order valence-electron chi connectivity index (χ0n) is 11.9. The fourth-order valence-electron chi connectivity index (χ4n) is 2.22. The minimum atomic E-state index is -3.22. The number of carboxylic acids is 1. The Labute approximate surface area is 123 Å². The summed E-state index contributed by atoms with van der Waals surface area (Å²) in [5.41, 5.74) is 1.35. The summed E-state index contributed by atoms with van der Waals surface area (Å²) in [4.78, 5) is 24.3. The largest absolute Gasteiger partial charge is 0.478 e. The third kappa shape index (κ3) is 3.07. The van der Waals surface area contributed by atoms with Crippen LogP contribution in [0, 0.1) is 0 Å². The first-order valence-electron chi connectivity index (χ1n) is 6.60. The Kier molecular flexibility index (Phi) is 4.04. The maximum Gasteiger partial charge on any atom is 0.335 e. The molecule has 0 saturated heterocycles. The summed E-state index contributed by atoms with van der Waals surface area (Å²) >= 11 is 0. The maximum atomic E-state index is 12.0. The number of carbonyl (C=O) groups excluding carboxylic acids is 1. The number of anilines is 1. The number of hydrogen-bond donors (Lipinski definition) is 1. The summed E-state index contributed by atoms with van der Waals surface area (Å²) in [7, 11) is -3.22. The SMILES string of the molecule is CC(C)S(=O)(=O)CCN1C(=O)Cc2cc(C(=O)O)ccc21. The van der Waals surface area contributed by atoms with E-state index in [0.717, 1.165) is 0 Å². The standard InChI is InChI=1S/C14H17NO5S/c1-9(2)21(19,20)6-5-15-12-4-3-10(14(17)18)7-11(12)8-13(15)16/h3-4,7,9H,5-6,8H2,1-2H3,(H,17,18). The average Bonchev–Trinajstić information content (AvgIpc) is 2.70. The molecule has 6 nitrogen and oxygen atoms in total. The lowest BCUT2D eigenvalue weighted by Crippen LogP contribution is -2.33. The van der Waals surface area contributed by atoms with Gasteiger partial charge in [0.1, 0.15) is 0 Å². The molecule has 0 bridgehead atoms. The van der Waals surface area contributed by atoms with E-state index in [4.69, 9.17) is 5.11 Å². The van der Waals surface area contributed by atoms with Crippen molar-refractivity contribution in [3.63, 3.8) is 0 Å². The van der Waals surface area contributed by atoms with Gasteiger partial charge in [0, 0.05) is 12.2 Å². The third-order valence-corrected chi connectivity index (χ3v) is 5.77. The van der Waals surface area contributed by atoms with Crippen molar-refractivity contribution in [2.45, 2.75) is 25.5 Å². The average molecular weight is 311 g/mol. The molecular weight excluding hydrogens is 294 g/mol. The van der Waals surface area contributed by atoms with Crippen LogP contribution in [0.2, 0.25) is 0 Å². The highest BCUT2D eigenvalue weighted by Crippen LogP contribution is 2.29. The molecule has 0 atom stereocenters. The number of carboxylic acid groups (broad SMARTS) is 1. The molecule has 0 saturated carbocycles. The first-order valence-corrected chi connectivity index (χ1v) is 8.32. The molecule has 114 valence electrons. The quantitative estimate of drug-likeness (QED) is 0.879. The molecule has 0 spiro atoms. The number of amides is 1. The summed E-state index contributed by atoms with van der Waals surface area (Å²) in [6.07, 6.45) is 0.109. The van der Waals surface area contributed by atoms with Crippen LogP contribution >= 0.6 is 0 Å². The zero-order chi connectivity index (χ0) is 15.8. The molecular formula is C14H17NO5S. The monoisotopic (exact) mass is 311 g/mol. The Bertz CT molecular complexity index is 693. The topological polar surface area (TPSA) is 91.8 Å². The fraction of sp³-hybridized carbons (Fsp3) is 0.429. The van der Waals surface area contributed by atoms with Gasteiger partial charge in [0.25, 0.3) is 0 Å². The van der Waals surface area contributed by atoms with Crippen LogP contribution in [-0.2, 0) is 21.1 Å². The molecule has 1 aromatic carbocycles. The number of rotatable bonds is 5. The van der Waals surface area contributed by atoms with Crippen LogP contribution in [0.1, 0.15) is 29.8 Å². The van der Waals surface area contributed by atoms with Gasteiger partial charge in [-0.05, 0) is 37.6 Å². The highest BCUT2D eigenvalue weighted by molar-refractivity contribution is 7.92. The van der Waals surface area contributed by atoms with Crippen molar-refractivity contribution < 1.29 is 23.1 Å². The van der Waals surface area contributed by atoms with Gasteiger partial charge in [-0.25, -0.2) is 13.2 Å². The van der Waals surface area contributed by atoms with Crippen LogP contribution in [0.3, 0.4) is 0 Å². The predicted octanol–water partition coefficient (Wildman–Crippen LogP) is 1.10. The van der Waals surface area contributed by atoms with Crippen LogP contribution in [0.25, 0.3) is 0 Å². The Balaban J connectivity index is 2.21. The van der Waals surface area contributed by atoms with E-state index in [1.807, 2.05) is 0 Å². The summed E-state index contributed by atoms with van der Waals surface area (Å²) in [5, 5.41) is 8.46. The molecule has 1 amide bonds. The lowest BCUT2D eigenvalue weighted by Gasteiger charge is -2.18. The van der Waals surface area contributed by atoms with E-state index in [0.29, 0.717) is 11.3 Å². The Morgan fingerprint density at radius 1 is 1.38 bits per heavy atom. The number of nitrogens with zero attached hydrogens (tertiary/aromatic N) is 1. The molecule has 0 fully saturated rings. The van der Waals surface area contributed by atoms with E-state index in [2.05, 4.69) is 0 Å². The van der Waals surface area contributed by atoms with E-state index in [1.54, 1.807) is 19.9 Å². The summed E-state index contributed by atoms with van der Waals surface area (Å²) < 4.78 is 23.7. The minimum Gasteiger partial charge on any atom is -0.478 e. The second-order valence-corrected chi connectivity index (χ2v) is 7.96. The highest BCUT2D eigenvalue weighted by atomic mass is 32.2. The summed E-state index contributed by atoms with van der Waals surface area (Å²) in [5.74, 6) is -1.35. The summed E-state index contributed by atoms with van der Waals surface area (Å²) in [6, 6.07) is 4.45. The van der Waals surface area contributed by atoms with Gasteiger partial charge in [0.2, 0.25) is 5.91 Å². The summed E-state index contributed by atoms with van der Waals surface area (Å²) in [6.45, 7) is 3.31. The molecule has 1 aliphatic rings. The van der Waals surface area contributed by atoms with Crippen molar-refractivity contribution in [2.24, 2.45) is 0 Å². The minimum absolute atomic E-state index is 0.0960. The number of fused-ring (bicyclic) bond motifs is 1. The second-order valence-electron chi connectivity index (χ2n) is 5.29. The molecule has 1 N–H and O–H groups in total. The van der Waals surface area contributed by atoms with Crippen molar-refractivity contribution in [3.05, 3.63) is 29.3 Å². The van der Waals surface area contributed by atoms with Gasteiger partial charge in [-0.1, -0.05) is 0 Å². The number of benzene rings is 1. The van der Waals surface area contributed by atoms with Crippen LogP contribution in [0.5, 0.6) is 0 Å². The molecule has 2 rings (SSSR count). The molecule has 0 radical (unpaired) electrons. The number of sulfone groups is 1. The van der Waals surface area contributed by atoms with E-state index >= 15 is 0 Å². The fourth-order valence-corrected chi connectivity index (χ4v) is 3.12. The number of aromatic carboxylic acids is 1. The van der Waals surface area contributed by atoms with Gasteiger partial charge < -0.3 is 10.0 Å². The van der Waals surface area contributed by atoms with E-state index in [-0.39, 0.29) is 30.2 Å². The van der Waals surface area contributed by atoms with Crippen LogP contribution in [0.15, 0.2) is 18.2 Å². The first kappa shape index (κ1) is 15.5. The lowest BCUT2D eigenvalue weighted by molar-refractivity contribution is -0.117. The van der Waals surface area contributed by atoms with E-state index in [9.17, 15) is 18.0 Å². The Morgan fingerprint density at radius 3 is 2.62 bits per heavy atom. The first-order chi connectivity index (χ1) is 9.72. The molecule has 1 aliphatic heterocycles. The number of carbonyl (C=O) groups is 2. The molecule has 1 aromatic rings. The van der Waals surface area contributed by atoms with E-state index in [1.165, 1.54) is 17.0 Å². The van der Waals surface area contributed by atoms with E-state index < -0.39 is 21.1 Å². The molecule has 21 heavy (non-hydrogen) atoms. The molecule has 0 unspecified atom stereocenters. The lowest BCUT2D eigenvalue weighted by atomic mass is 10.1. The van der Waals surface area contributed by atoms with Gasteiger partial charge in [0.05, 0.1) is 23.0 Å². The highest BCUT2D eigenvalue weighted by Gasteiger charge is 2.29. The van der Waals surface area contributed by atoms with Crippen LogP contribution in [0.4, 0.5) is 5.69 Å². The van der Waals surface area contributed by atoms with Gasteiger partial charge in [0.15, 0.2) is 9.84 Å². The Hall–Kier alpha value is -1.89. The molecule has 7 heteroatoms. The smallest absolute Gasteiger partial charge is 0.335 e. The van der Waals surface area contributed by atoms with Gasteiger partial charge >= 0.3 is 5.97 Å². The Morgan fingerprint density at radius 2 is 2.05 bits per heavy atom. The van der Waals surface area contributed by atoms with Gasteiger partial charge in [-0.3, -0.25) is 4.79 Å². The predicted molar refractivity (Wildman–Crippen MR) is 78.4 cm³/mol. The van der Waals surface area contributed by atoms with Crippen LogP contribution in [-0.4, -0.2) is 42.9 Å². The maximum absolute atomic E-state index is 12.0.